The van der Waals surface area contributed by atoms with Crippen LogP contribution in [0.25, 0.3) is 0 Å². The Balaban J connectivity index is 2.30. The van der Waals surface area contributed by atoms with Crippen molar-refractivity contribution in [3.63, 3.8) is 0 Å². The Labute approximate surface area is 152 Å². The molecule has 1 heterocycles. The van der Waals surface area contributed by atoms with E-state index in [9.17, 15) is 0 Å². The minimum atomic E-state index is 0.871. The van der Waals surface area contributed by atoms with Gasteiger partial charge in [0.05, 0.1) is 5.01 Å². The van der Waals surface area contributed by atoms with Crippen LogP contribution in [0.15, 0.2) is 11.2 Å². The van der Waals surface area contributed by atoms with Gasteiger partial charge in [-0.1, -0.05) is 13.8 Å². The van der Waals surface area contributed by atoms with Crippen LogP contribution in [0, 0.1) is 6.92 Å². The Morgan fingerprint density at radius 3 is 2.50 bits per heavy atom. The zero-order valence-corrected chi connectivity index (χ0v) is 16.7. The monoisotopic (exact) mass is 353 g/mol. The lowest BCUT2D eigenvalue weighted by Gasteiger charge is -2.20. The average Bonchev–Trinajstić information content (AvgIpc) is 2.97. The van der Waals surface area contributed by atoms with Crippen molar-refractivity contribution >= 4 is 17.3 Å². The highest BCUT2D eigenvalue weighted by Crippen LogP contribution is 2.10. The summed E-state index contributed by atoms with van der Waals surface area (Å²) in [5, 5.41) is 7.92. The second kappa shape index (κ2) is 13.2. The molecule has 0 saturated carbocycles. The molecule has 0 aliphatic heterocycles. The number of nitrogens with one attached hydrogen (secondary N) is 2. The van der Waals surface area contributed by atoms with Gasteiger partial charge in [0.15, 0.2) is 5.96 Å². The van der Waals surface area contributed by atoms with E-state index in [0.717, 1.165) is 45.0 Å². The summed E-state index contributed by atoms with van der Waals surface area (Å²) in [6, 6.07) is 0. The fourth-order valence-electron chi connectivity index (χ4n) is 2.60. The number of rotatable bonds is 12. The molecule has 1 rings (SSSR count). The summed E-state index contributed by atoms with van der Waals surface area (Å²) in [4.78, 5) is 12.9. The third kappa shape index (κ3) is 9.23. The minimum Gasteiger partial charge on any atom is -0.357 e. The fourth-order valence-corrected chi connectivity index (χ4v) is 3.39. The van der Waals surface area contributed by atoms with E-state index < -0.39 is 0 Å². The zero-order valence-electron chi connectivity index (χ0n) is 15.9. The van der Waals surface area contributed by atoms with Crippen LogP contribution in [0.4, 0.5) is 0 Å². The highest BCUT2D eigenvalue weighted by molar-refractivity contribution is 7.11. The van der Waals surface area contributed by atoms with Crippen LogP contribution in [0.5, 0.6) is 0 Å². The normalized spacial score (nSPS) is 12.0. The number of hydrogen-bond donors (Lipinski definition) is 2. The number of aliphatic imine (C=N–C) groups is 1. The second-order valence-electron chi connectivity index (χ2n) is 6.00. The molecule has 0 aliphatic carbocycles. The van der Waals surface area contributed by atoms with Gasteiger partial charge in [-0.2, -0.15) is 0 Å². The molecule has 1 aromatic rings. The quantitative estimate of drug-likeness (QED) is 0.344. The van der Waals surface area contributed by atoms with Gasteiger partial charge in [0, 0.05) is 37.1 Å². The largest absolute Gasteiger partial charge is 0.357 e. The molecule has 0 fully saturated rings. The van der Waals surface area contributed by atoms with Crippen LogP contribution >= 0.6 is 11.3 Å². The summed E-state index contributed by atoms with van der Waals surface area (Å²) in [6.07, 6.45) is 6.46. The van der Waals surface area contributed by atoms with E-state index in [1.165, 1.54) is 35.8 Å². The van der Waals surface area contributed by atoms with Gasteiger partial charge in [0.25, 0.3) is 0 Å². The molecule has 24 heavy (non-hydrogen) atoms. The van der Waals surface area contributed by atoms with Gasteiger partial charge >= 0.3 is 0 Å². The van der Waals surface area contributed by atoms with Crippen molar-refractivity contribution in [3.8, 4) is 0 Å². The van der Waals surface area contributed by atoms with E-state index >= 15 is 0 Å². The van der Waals surface area contributed by atoms with Crippen LogP contribution in [0.2, 0.25) is 0 Å². The van der Waals surface area contributed by atoms with Gasteiger partial charge in [0.2, 0.25) is 0 Å². The number of guanidine groups is 1. The SMILES string of the molecule is CCCN(CCC)CCCN=C(NCC)NCCc1ncc(C)s1. The second-order valence-corrected chi connectivity index (χ2v) is 7.32. The summed E-state index contributed by atoms with van der Waals surface area (Å²) in [5.41, 5.74) is 0. The summed E-state index contributed by atoms with van der Waals surface area (Å²) in [6.45, 7) is 14.9. The Morgan fingerprint density at radius 1 is 1.17 bits per heavy atom. The van der Waals surface area contributed by atoms with Crippen molar-refractivity contribution in [1.29, 1.82) is 0 Å². The Hall–Kier alpha value is -1.14. The van der Waals surface area contributed by atoms with Gasteiger partial charge < -0.3 is 15.5 Å². The van der Waals surface area contributed by atoms with Gasteiger partial charge in [0.1, 0.15) is 0 Å². The maximum atomic E-state index is 4.69. The first-order chi connectivity index (χ1) is 11.7. The maximum Gasteiger partial charge on any atom is 0.191 e. The predicted molar refractivity (Wildman–Crippen MR) is 106 cm³/mol. The number of hydrogen-bond acceptors (Lipinski definition) is 4. The molecule has 0 saturated heterocycles. The van der Waals surface area contributed by atoms with E-state index in [4.69, 9.17) is 4.99 Å². The molecule has 0 unspecified atom stereocenters. The molecule has 6 heteroatoms. The number of aryl methyl sites for hydroxylation is 1. The van der Waals surface area contributed by atoms with Crippen molar-refractivity contribution in [1.82, 2.24) is 20.5 Å². The van der Waals surface area contributed by atoms with E-state index in [0.29, 0.717) is 0 Å². The first kappa shape index (κ1) is 20.9. The number of aromatic nitrogens is 1. The number of thiazole rings is 1. The summed E-state index contributed by atoms with van der Waals surface area (Å²) in [5.74, 6) is 0.920. The standard InChI is InChI=1S/C18H35N5S/c1-5-12-23(13-6-2)14-8-10-20-18(19-7-3)21-11-9-17-22-15-16(4)24-17/h15H,5-14H2,1-4H3,(H2,19,20,21). The molecular weight excluding hydrogens is 318 g/mol. The Bertz CT molecular complexity index is 452. The van der Waals surface area contributed by atoms with Gasteiger partial charge in [-0.3, -0.25) is 4.99 Å². The predicted octanol–water partition coefficient (Wildman–Crippen LogP) is 3.06. The van der Waals surface area contributed by atoms with Crippen LogP contribution in [0.3, 0.4) is 0 Å². The van der Waals surface area contributed by atoms with E-state index in [2.05, 4.69) is 48.2 Å². The molecular formula is C18H35N5S. The third-order valence-corrected chi connectivity index (χ3v) is 4.60. The molecule has 0 radical (unpaired) electrons. The smallest absolute Gasteiger partial charge is 0.191 e. The molecule has 138 valence electrons. The minimum absolute atomic E-state index is 0.871. The topological polar surface area (TPSA) is 52.5 Å². The van der Waals surface area contributed by atoms with Crippen molar-refractivity contribution < 1.29 is 0 Å². The van der Waals surface area contributed by atoms with Gasteiger partial charge in [-0.05, 0) is 52.7 Å². The molecule has 0 aliphatic rings. The lowest BCUT2D eigenvalue weighted by Crippen LogP contribution is -2.38. The summed E-state index contributed by atoms with van der Waals surface area (Å²) in [7, 11) is 0. The Morgan fingerprint density at radius 2 is 1.92 bits per heavy atom. The highest BCUT2D eigenvalue weighted by Gasteiger charge is 2.03. The van der Waals surface area contributed by atoms with Gasteiger partial charge in [-0.15, -0.1) is 11.3 Å². The van der Waals surface area contributed by atoms with Crippen LogP contribution in [0.1, 0.15) is 49.9 Å². The van der Waals surface area contributed by atoms with E-state index in [1.54, 1.807) is 11.3 Å². The summed E-state index contributed by atoms with van der Waals surface area (Å²) < 4.78 is 0. The van der Waals surface area contributed by atoms with Crippen molar-refractivity contribution in [2.75, 3.05) is 39.3 Å². The molecule has 0 spiro atoms. The zero-order chi connectivity index (χ0) is 17.6. The van der Waals surface area contributed by atoms with Crippen molar-refractivity contribution in [2.45, 2.75) is 53.4 Å². The van der Waals surface area contributed by atoms with Crippen LogP contribution < -0.4 is 10.6 Å². The molecule has 0 bridgehead atoms. The van der Waals surface area contributed by atoms with Crippen LogP contribution in [-0.2, 0) is 6.42 Å². The molecule has 2 N–H and O–H groups in total. The molecule has 1 aromatic heterocycles. The molecule has 0 atom stereocenters. The Kier molecular flexibility index (Phi) is 11.5. The summed E-state index contributed by atoms with van der Waals surface area (Å²) >= 11 is 1.77. The van der Waals surface area contributed by atoms with Gasteiger partial charge in [-0.25, -0.2) is 4.98 Å². The van der Waals surface area contributed by atoms with Crippen molar-refractivity contribution in [3.05, 3.63) is 16.1 Å². The lowest BCUT2D eigenvalue weighted by molar-refractivity contribution is 0.273. The third-order valence-electron chi connectivity index (χ3n) is 3.63. The van der Waals surface area contributed by atoms with Crippen molar-refractivity contribution in [2.24, 2.45) is 4.99 Å². The molecule has 0 aromatic carbocycles. The van der Waals surface area contributed by atoms with E-state index in [1.807, 2.05) is 6.20 Å². The fraction of sp³-hybridized carbons (Fsp3) is 0.778. The first-order valence-corrected chi connectivity index (χ1v) is 10.2. The average molecular weight is 354 g/mol. The van der Waals surface area contributed by atoms with Crippen LogP contribution in [-0.4, -0.2) is 55.1 Å². The highest BCUT2D eigenvalue weighted by atomic mass is 32.1. The first-order valence-electron chi connectivity index (χ1n) is 9.35. The maximum absolute atomic E-state index is 4.69. The number of nitrogens with zero attached hydrogens (tertiary/aromatic N) is 3. The molecule has 5 nitrogen and oxygen atoms in total. The lowest BCUT2D eigenvalue weighted by atomic mass is 10.3. The molecule has 0 amide bonds. The van der Waals surface area contributed by atoms with E-state index in [-0.39, 0.29) is 0 Å².